The Labute approximate surface area is 161 Å². The number of nitrogens with one attached hydrogen (secondary N) is 1. The summed E-state index contributed by atoms with van der Waals surface area (Å²) in [5.41, 5.74) is 0.924. The molecule has 0 saturated carbocycles. The minimum absolute atomic E-state index is 0.229. The molecule has 1 aromatic heterocycles. The Kier molecular flexibility index (Phi) is 4.84. The van der Waals surface area contributed by atoms with Crippen LogP contribution in [0.15, 0.2) is 47.4 Å². The van der Waals surface area contributed by atoms with Crippen molar-refractivity contribution in [2.45, 2.75) is 37.1 Å². The topological polar surface area (TPSA) is 76.9 Å². The molecule has 9 heteroatoms. The third-order valence-corrected chi connectivity index (χ3v) is 6.06. The molecule has 2 heterocycles. The third-order valence-electron chi connectivity index (χ3n) is 4.67. The van der Waals surface area contributed by atoms with Crippen molar-refractivity contribution in [1.82, 2.24) is 14.8 Å². The fourth-order valence-corrected chi connectivity index (χ4v) is 4.45. The van der Waals surface area contributed by atoms with Crippen LogP contribution in [0.4, 0.5) is 14.5 Å². The maximum atomic E-state index is 13.9. The highest BCUT2D eigenvalue weighted by atomic mass is 32.2. The number of hydrogen-bond donors (Lipinski definition) is 1. The van der Waals surface area contributed by atoms with Gasteiger partial charge in [-0.25, -0.2) is 17.2 Å². The smallest absolute Gasteiger partial charge is 0.264 e. The van der Waals surface area contributed by atoms with Crippen LogP contribution in [0.25, 0.3) is 11.4 Å². The lowest BCUT2D eigenvalue weighted by Gasteiger charge is -2.11. The fraction of sp³-hybridized carbons (Fsp3) is 0.263. The number of halogens is 2. The van der Waals surface area contributed by atoms with Gasteiger partial charge in [0.1, 0.15) is 22.4 Å². The second-order valence-electron chi connectivity index (χ2n) is 6.66. The molecule has 146 valence electrons. The van der Waals surface area contributed by atoms with Crippen molar-refractivity contribution >= 4 is 15.7 Å². The molecule has 0 aliphatic carbocycles. The minimum Gasteiger partial charge on any atom is -0.311 e. The van der Waals surface area contributed by atoms with Crippen LogP contribution in [0.2, 0.25) is 0 Å². The van der Waals surface area contributed by atoms with Crippen molar-refractivity contribution in [3.8, 4) is 11.4 Å². The molecule has 0 fully saturated rings. The van der Waals surface area contributed by atoms with E-state index in [0.29, 0.717) is 17.5 Å². The zero-order valence-electron chi connectivity index (χ0n) is 14.9. The van der Waals surface area contributed by atoms with Crippen LogP contribution < -0.4 is 4.72 Å². The maximum absolute atomic E-state index is 13.9. The van der Waals surface area contributed by atoms with Gasteiger partial charge in [-0.05, 0) is 43.2 Å². The Morgan fingerprint density at radius 1 is 1.00 bits per heavy atom. The number of anilines is 1. The van der Waals surface area contributed by atoms with Gasteiger partial charge in [-0.2, -0.15) is 0 Å². The van der Waals surface area contributed by atoms with Gasteiger partial charge in [-0.1, -0.05) is 18.6 Å². The molecule has 4 rings (SSSR count). The second-order valence-corrected chi connectivity index (χ2v) is 8.31. The Balaban J connectivity index is 1.67. The molecule has 0 amide bonds. The molecule has 1 aliphatic heterocycles. The van der Waals surface area contributed by atoms with Gasteiger partial charge in [0.25, 0.3) is 10.0 Å². The van der Waals surface area contributed by atoms with E-state index in [-0.39, 0.29) is 5.69 Å². The molecule has 0 atom stereocenters. The van der Waals surface area contributed by atoms with Crippen LogP contribution >= 0.6 is 0 Å². The van der Waals surface area contributed by atoms with Crippen molar-refractivity contribution < 1.29 is 17.2 Å². The first-order chi connectivity index (χ1) is 13.4. The average Bonchev–Trinajstić information content (AvgIpc) is 2.92. The van der Waals surface area contributed by atoms with Crippen LogP contribution in [-0.2, 0) is 23.0 Å². The first-order valence-corrected chi connectivity index (χ1v) is 10.4. The lowest BCUT2D eigenvalue weighted by atomic mass is 10.2. The Hall–Kier alpha value is -2.81. The SMILES string of the molecule is O=S(=O)(Nc1cccc(-c2nnc3n2CCCCC3)c1)c1cc(F)ccc1F. The van der Waals surface area contributed by atoms with Gasteiger partial charge in [0.2, 0.25) is 0 Å². The highest BCUT2D eigenvalue weighted by molar-refractivity contribution is 7.92. The number of benzene rings is 2. The van der Waals surface area contributed by atoms with E-state index in [1.807, 2.05) is 10.6 Å². The molecule has 28 heavy (non-hydrogen) atoms. The van der Waals surface area contributed by atoms with Crippen LogP contribution in [-0.4, -0.2) is 23.2 Å². The number of aryl methyl sites for hydroxylation is 1. The molecule has 1 N–H and O–H groups in total. The molecule has 1 aliphatic rings. The van der Waals surface area contributed by atoms with Crippen molar-refractivity contribution in [3.63, 3.8) is 0 Å². The van der Waals surface area contributed by atoms with Gasteiger partial charge < -0.3 is 4.57 Å². The summed E-state index contributed by atoms with van der Waals surface area (Å²) in [6.45, 7) is 0.808. The number of sulfonamides is 1. The molecular weight excluding hydrogens is 386 g/mol. The van der Waals surface area contributed by atoms with Crippen LogP contribution in [0, 0.1) is 11.6 Å². The highest BCUT2D eigenvalue weighted by Gasteiger charge is 2.21. The number of rotatable bonds is 4. The molecular formula is C19H18F2N4O2S. The quantitative estimate of drug-likeness (QED) is 0.719. The molecule has 0 radical (unpaired) electrons. The summed E-state index contributed by atoms with van der Waals surface area (Å²) < 4.78 is 56.6. The van der Waals surface area contributed by atoms with E-state index in [1.165, 1.54) is 6.07 Å². The molecule has 0 unspecified atom stereocenters. The van der Waals surface area contributed by atoms with E-state index >= 15 is 0 Å². The predicted octanol–water partition coefficient (Wildman–Crippen LogP) is 3.75. The Bertz CT molecular complexity index is 1130. The van der Waals surface area contributed by atoms with E-state index in [4.69, 9.17) is 0 Å². The van der Waals surface area contributed by atoms with E-state index in [9.17, 15) is 17.2 Å². The summed E-state index contributed by atoms with van der Waals surface area (Å²) in [6, 6.07) is 8.93. The van der Waals surface area contributed by atoms with Crippen LogP contribution in [0.3, 0.4) is 0 Å². The zero-order valence-corrected chi connectivity index (χ0v) is 15.7. The molecule has 0 bridgehead atoms. The van der Waals surface area contributed by atoms with E-state index in [2.05, 4.69) is 14.9 Å². The van der Waals surface area contributed by atoms with E-state index < -0.39 is 26.6 Å². The number of hydrogen-bond acceptors (Lipinski definition) is 4. The summed E-state index contributed by atoms with van der Waals surface area (Å²) in [6.07, 6.45) is 4.08. The van der Waals surface area contributed by atoms with Crippen molar-refractivity contribution in [3.05, 3.63) is 59.9 Å². The molecule has 6 nitrogen and oxygen atoms in total. The van der Waals surface area contributed by atoms with E-state index in [0.717, 1.165) is 50.2 Å². The Morgan fingerprint density at radius 3 is 2.71 bits per heavy atom. The van der Waals surface area contributed by atoms with Crippen molar-refractivity contribution in [2.75, 3.05) is 4.72 Å². The molecule has 2 aromatic carbocycles. The molecule has 0 saturated heterocycles. The second kappa shape index (κ2) is 7.31. The highest BCUT2D eigenvalue weighted by Crippen LogP contribution is 2.26. The summed E-state index contributed by atoms with van der Waals surface area (Å²) in [7, 11) is -4.28. The largest absolute Gasteiger partial charge is 0.311 e. The first-order valence-electron chi connectivity index (χ1n) is 8.94. The van der Waals surface area contributed by atoms with Crippen molar-refractivity contribution in [2.24, 2.45) is 0 Å². The predicted molar refractivity (Wildman–Crippen MR) is 100 cm³/mol. The van der Waals surface area contributed by atoms with Gasteiger partial charge in [0, 0.05) is 24.2 Å². The summed E-state index contributed by atoms with van der Waals surface area (Å²) in [5.74, 6) is -0.273. The minimum atomic E-state index is -4.28. The van der Waals surface area contributed by atoms with Gasteiger partial charge >= 0.3 is 0 Å². The van der Waals surface area contributed by atoms with Gasteiger partial charge in [-0.3, -0.25) is 4.72 Å². The van der Waals surface area contributed by atoms with Crippen LogP contribution in [0.5, 0.6) is 0 Å². The monoisotopic (exact) mass is 404 g/mol. The normalized spacial score (nSPS) is 14.4. The fourth-order valence-electron chi connectivity index (χ4n) is 3.31. The van der Waals surface area contributed by atoms with Gasteiger partial charge in [0.05, 0.1) is 0 Å². The summed E-state index contributed by atoms with van der Waals surface area (Å²) >= 11 is 0. The molecule has 3 aromatic rings. The zero-order chi connectivity index (χ0) is 19.7. The molecule has 0 spiro atoms. The Morgan fingerprint density at radius 2 is 1.86 bits per heavy atom. The standard InChI is InChI=1S/C19H18F2N4O2S/c20-14-8-9-16(21)17(12-14)28(26,27)24-15-6-4-5-13(11-15)19-23-22-18-7-2-1-3-10-25(18)19/h4-6,8-9,11-12,24H,1-3,7,10H2. The van der Waals surface area contributed by atoms with Gasteiger partial charge in [0.15, 0.2) is 5.82 Å². The van der Waals surface area contributed by atoms with Crippen molar-refractivity contribution in [1.29, 1.82) is 0 Å². The number of aromatic nitrogens is 3. The maximum Gasteiger partial charge on any atom is 0.264 e. The third kappa shape index (κ3) is 3.62. The van der Waals surface area contributed by atoms with Gasteiger partial charge in [-0.15, -0.1) is 10.2 Å². The van der Waals surface area contributed by atoms with E-state index in [1.54, 1.807) is 12.1 Å². The summed E-state index contributed by atoms with van der Waals surface area (Å²) in [4.78, 5) is -0.741. The number of nitrogens with zero attached hydrogens (tertiary/aromatic N) is 3. The number of fused-ring (bicyclic) bond motifs is 1. The first kappa shape index (κ1) is 18.5. The lowest BCUT2D eigenvalue weighted by Crippen LogP contribution is -2.15. The summed E-state index contributed by atoms with van der Waals surface area (Å²) in [5, 5.41) is 8.51. The van der Waals surface area contributed by atoms with Crippen LogP contribution in [0.1, 0.15) is 25.1 Å². The average molecular weight is 404 g/mol. The lowest BCUT2D eigenvalue weighted by molar-refractivity contribution is 0.555.